The highest BCUT2D eigenvalue weighted by Crippen LogP contribution is 2.31. The summed E-state index contributed by atoms with van der Waals surface area (Å²) in [7, 11) is 0. The summed E-state index contributed by atoms with van der Waals surface area (Å²) >= 11 is 1.53. The molecule has 1 amide bonds. The lowest BCUT2D eigenvalue weighted by Crippen LogP contribution is -2.42. The molecule has 2 aromatic rings. The number of carbonyl (C=O) groups is 1. The summed E-state index contributed by atoms with van der Waals surface area (Å²) in [5.41, 5.74) is 1.59. The van der Waals surface area contributed by atoms with Gasteiger partial charge < -0.3 is 15.0 Å². The normalized spacial score (nSPS) is 22.5. The topological polar surface area (TPSA) is 54.5 Å². The van der Waals surface area contributed by atoms with Gasteiger partial charge in [-0.25, -0.2) is 4.98 Å². The Balaban J connectivity index is 1.51. The molecule has 6 heteroatoms. The number of thiazole rings is 1. The Morgan fingerprint density at radius 1 is 1.23 bits per heavy atom. The summed E-state index contributed by atoms with van der Waals surface area (Å²) in [6.45, 7) is 5.92. The predicted octanol–water partition coefficient (Wildman–Crippen LogP) is 3.56. The SMILES string of the molecule is CC(C)Oc1ccc(-c2nc(C(=O)N3C4CCNCC3CC4)cs2)cc1. The van der Waals surface area contributed by atoms with Gasteiger partial charge in [0.15, 0.2) is 0 Å². The second-order valence-corrected chi connectivity index (χ2v) is 8.18. The van der Waals surface area contributed by atoms with Crippen molar-refractivity contribution in [3.05, 3.63) is 35.3 Å². The summed E-state index contributed by atoms with van der Waals surface area (Å²) in [6, 6.07) is 8.60. The minimum Gasteiger partial charge on any atom is -0.491 e. The lowest BCUT2D eigenvalue weighted by molar-refractivity contribution is 0.0675. The first kappa shape index (κ1) is 17.5. The lowest BCUT2D eigenvalue weighted by atomic mass is 10.1. The molecule has 2 aliphatic heterocycles. The Morgan fingerprint density at radius 2 is 2.00 bits per heavy atom. The van der Waals surface area contributed by atoms with Gasteiger partial charge in [0.25, 0.3) is 5.91 Å². The molecule has 26 heavy (non-hydrogen) atoms. The van der Waals surface area contributed by atoms with Crippen LogP contribution < -0.4 is 10.1 Å². The van der Waals surface area contributed by atoms with Gasteiger partial charge in [-0.15, -0.1) is 11.3 Å². The van der Waals surface area contributed by atoms with E-state index in [9.17, 15) is 4.79 Å². The number of fused-ring (bicyclic) bond motifs is 2. The first-order valence-corrected chi connectivity index (χ1v) is 10.3. The monoisotopic (exact) mass is 371 g/mol. The molecule has 0 saturated carbocycles. The largest absolute Gasteiger partial charge is 0.491 e. The van der Waals surface area contributed by atoms with Crippen LogP contribution in [-0.4, -0.2) is 47.1 Å². The predicted molar refractivity (Wildman–Crippen MR) is 104 cm³/mol. The number of aromatic nitrogens is 1. The van der Waals surface area contributed by atoms with Crippen LogP contribution in [0.4, 0.5) is 0 Å². The van der Waals surface area contributed by atoms with Crippen LogP contribution in [0.3, 0.4) is 0 Å². The Morgan fingerprint density at radius 3 is 2.77 bits per heavy atom. The van der Waals surface area contributed by atoms with Crippen LogP contribution in [0.1, 0.15) is 43.6 Å². The molecule has 3 heterocycles. The van der Waals surface area contributed by atoms with Gasteiger partial charge in [-0.05, 0) is 63.9 Å². The molecule has 2 fully saturated rings. The Kier molecular flexibility index (Phi) is 4.96. The molecule has 0 spiro atoms. The van der Waals surface area contributed by atoms with Crippen molar-refractivity contribution in [2.45, 2.75) is 51.3 Å². The Labute approximate surface area is 158 Å². The van der Waals surface area contributed by atoms with E-state index in [4.69, 9.17) is 4.74 Å². The molecular weight excluding hydrogens is 346 g/mol. The van der Waals surface area contributed by atoms with Gasteiger partial charge in [-0.1, -0.05) is 0 Å². The number of hydrogen-bond acceptors (Lipinski definition) is 5. The Hall–Kier alpha value is -1.92. The molecule has 1 aromatic carbocycles. The van der Waals surface area contributed by atoms with Crippen LogP contribution >= 0.6 is 11.3 Å². The molecular formula is C20H25N3O2S. The summed E-state index contributed by atoms with van der Waals surface area (Å²) in [4.78, 5) is 19.8. The van der Waals surface area contributed by atoms with E-state index >= 15 is 0 Å². The summed E-state index contributed by atoms with van der Waals surface area (Å²) < 4.78 is 5.69. The van der Waals surface area contributed by atoms with Crippen LogP contribution in [0.5, 0.6) is 5.75 Å². The molecule has 2 saturated heterocycles. The zero-order chi connectivity index (χ0) is 18.1. The van der Waals surface area contributed by atoms with E-state index in [0.717, 1.165) is 48.7 Å². The number of ether oxygens (including phenoxy) is 1. The zero-order valence-corrected chi connectivity index (χ0v) is 16.1. The molecule has 0 radical (unpaired) electrons. The van der Waals surface area contributed by atoms with Gasteiger partial charge in [0.1, 0.15) is 16.5 Å². The van der Waals surface area contributed by atoms with Crippen LogP contribution in [0.2, 0.25) is 0 Å². The van der Waals surface area contributed by atoms with E-state index in [-0.39, 0.29) is 12.0 Å². The maximum absolute atomic E-state index is 13.1. The van der Waals surface area contributed by atoms with E-state index in [1.54, 1.807) is 0 Å². The second-order valence-electron chi connectivity index (χ2n) is 7.32. The fourth-order valence-corrected chi connectivity index (χ4v) is 4.70. The Bertz CT molecular complexity index is 758. The van der Waals surface area contributed by atoms with Crippen LogP contribution in [0.25, 0.3) is 10.6 Å². The van der Waals surface area contributed by atoms with Gasteiger partial charge in [0, 0.05) is 29.6 Å². The van der Waals surface area contributed by atoms with Gasteiger partial charge >= 0.3 is 0 Å². The summed E-state index contributed by atoms with van der Waals surface area (Å²) in [6.07, 6.45) is 3.41. The van der Waals surface area contributed by atoms with Crippen LogP contribution in [-0.2, 0) is 0 Å². The minimum absolute atomic E-state index is 0.0865. The lowest BCUT2D eigenvalue weighted by Gasteiger charge is -2.27. The summed E-state index contributed by atoms with van der Waals surface area (Å²) in [5.74, 6) is 0.939. The fourth-order valence-electron chi connectivity index (χ4n) is 3.90. The first-order chi connectivity index (χ1) is 12.6. The van der Waals surface area contributed by atoms with Gasteiger partial charge in [-0.3, -0.25) is 4.79 Å². The van der Waals surface area contributed by atoms with Crippen molar-refractivity contribution in [1.82, 2.24) is 15.2 Å². The van der Waals surface area contributed by atoms with E-state index in [2.05, 4.69) is 15.2 Å². The maximum atomic E-state index is 13.1. The maximum Gasteiger partial charge on any atom is 0.273 e. The van der Waals surface area contributed by atoms with Gasteiger partial charge in [0.05, 0.1) is 6.10 Å². The molecule has 2 aliphatic rings. The van der Waals surface area contributed by atoms with E-state index in [0.29, 0.717) is 17.8 Å². The van der Waals surface area contributed by atoms with E-state index in [1.165, 1.54) is 11.3 Å². The third-order valence-corrected chi connectivity index (χ3v) is 5.98. The molecule has 1 aromatic heterocycles. The number of rotatable bonds is 4. The molecule has 2 unspecified atom stereocenters. The van der Waals surface area contributed by atoms with Crippen LogP contribution in [0.15, 0.2) is 29.6 Å². The second kappa shape index (κ2) is 7.37. The van der Waals surface area contributed by atoms with Crippen molar-refractivity contribution in [2.24, 2.45) is 0 Å². The number of nitrogens with zero attached hydrogens (tertiary/aromatic N) is 2. The van der Waals surface area contributed by atoms with Gasteiger partial charge in [-0.2, -0.15) is 0 Å². The average molecular weight is 372 g/mol. The average Bonchev–Trinajstić information content (AvgIpc) is 3.18. The standard InChI is InChI=1S/C20H25N3O2S/c1-13(2)25-17-7-3-14(4-8-17)19-22-18(12-26-19)20(24)23-15-5-6-16(23)11-21-10-9-15/h3-4,7-8,12-13,15-16,21H,5-6,9-11H2,1-2H3. The number of carbonyl (C=O) groups excluding carboxylic acids is 1. The number of hydrogen-bond donors (Lipinski definition) is 1. The highest BCUT2D eigenvalue weighted by molar-refractivity contribution is 7.13. The smallest absolute Gasteiger partial charge is 0.273 e. The van der Waals surface area contributed by atoms with Crippen molar-refractivity contribution in [3.8, 4) is 16.3 Å². The molecule has 138 valence electrons. The van der Waals surface area contributed by atoms with E-state index in [1.807, 2.05) is 43.5 Å². The molecule has 0 aliphatic carbocycles. The third-order valence-electron chi connectivity index (χ3n) is 5.09. The molecule has 1 N–H and O–H groups in total. The first-order valence-electron chi connectivity index (χ1n) is 9.38. The molecule has 2 atom stereocenters. The molecule has 2 bridgehead atoms. The fraction of sp³-hybridized carbons (Fsp3) is 0.500. The molecule has 4 rings (SSSR count). The van der Waals surface area contributed by atoms with Crippen molar-refractivity contribution in [1.29, 1.82) is 0 Å². The molecule has 5 nitrogen and oxygen atoms in total. The summed E-state index contributed by atoms with van der Waals surface area (Å²) in [5, 5.41) is 6.22. The number of nitrogens with one attached hydrogen (secondary N) is 1. The number of benzene rings is 1. The van der Waals surface area contributed by atoms with Gasteiger partial charge in [0.2, 0.25) is 0 Å². The highest BCUT2D eigenvalue weighted by Gasteiger charge is 2.39. The highest BCUT2D eigenvalue weighted by atomic mass is 32.1. The number of amides is 1. The van der Waals surface area contributed by atoms with Crippen molar-refractivity contribution >= 4 is 17.2 Å². The van der Waals surface area contributed by atoms with Crippen LogP contribution in [0, 0.1) is 0 Å². The minimum atomic E-state index is 0.0865. The zero-order valence-electron chi connectivity index (χ0n) is 15.3. The quantitative estimate of drug-likeness (QED) is 0.893. The van der Waals surface area contributed by atoms with Crippen molar-refractivity contribution < 1.29 is 9.53 Å². The van der Waals surface area contributed by atoms with Crippen molar-refractivity contribution in [2.75, 3.05) is 13.1 Å². The third kappa shape index (κ3) is 3.48. The van der Waals surface area contributed by atoms with E-state index < -0.39 is 0 Å². The van der Waals surface area contributed by atoms with Crippen molar-refractivity contribution in [3.63, 3.8) is 0 Å².